The molecule has 0 saturated carbocycles. The van der Waals surface area contributed by atoms with Gasteiger partial charge in [0.1, 0.15) is 0 Å². The van der Waals surface area contributed by atoms with Gasteiger partial charge in [0.15, 0.2) is 0 Å². The molecule has 66 valence electrons. The SMILES string of the molecule is CC1(C)C=Cc2nccnc2C=C1. The van der Waals surface area contributed by atoms with E-state index in [1.165, 1.54) is 0 Å². The summed E-state index contributed by atoms with van der Waals surface area (Å²) >= 11 is 0. The predicted molar refractivity (Wildman–Crippen MR) is 53.9 cm³/mol. The first kappa shape index (κ1) is 8.17. The van der Waals surface area contributed by atoms with Crippen LogP contribution in [-0.4, -0.2) is 9.97 Å². The Hall–Kier alpha value is -1.44. The van der Waals surface area contributed by atoms with Crippen LogP contribution < -0.4 is 0 Å². The van der Waals surface area contributed by atoms with E-state index in [-0.39, 0.29) is 5.41 Å². The third kappa shape index (κ3) is 1.66. The summed E-state index contributed by atoms with van der Waals surface area (Å²) in [5, 5.41) is 0. The number of rotatable bonds is 0. The van der Waals surface area contributed by atoms with Crippen molar-refractivity contribution >= 4 is 12.2 Å². The summed E-state index contributed by atoms with van der Waals surface area (Å²) in [4.78, 5) is 8.49. The Labute approximate surface area is 78.0 Å². The van der Waals surface area contributed by atoms with E-state index in [0.717, 1.165) is 11.4 Å². The molecule has 0 aliphatic heterocycles. The fraction of sp³-hybridized carbons (Fsp3) is 0.273. The van der Waals surface area contributed by atoms with Crippen molar-refractivity contribution in [3.8, 4) is 0 Å². The molecule has 0 saturated heterocycles. The first-order valence-corrected chi connectivity index (χ1v) is 4.37. The van der Waals surface area contributed by atoms with Crippen LogP contribution in [0, 0.1) is 5.41 Å². The first-order chi connectivity index (χ1) is 6.17. The molecule has 1 heterocycles. The molecule has 1 aliphatic rings. The van der Waals surface area contributed by atoms with Crippen LogP contribution in [0.2, 0.25) is 0 Å². The zero-order valence-electron chi connectivity index (χ0n) is 7.86. The van der Waals surface area contributed by atoms with Crippen molar-refractivity contribution in [3.05, 3.63) is 35.9 Å². The minimum atomic E-state index is 0.0996. The van der Waals surface area contributed by atoms with Gasteiger partial charge < -0.3 is 0 Å². The van der Waals surface area contributed by atoms with E-state index in [4.69, 9.17) is 0 Å². The molecule has 0 amide bonds. The molecule has 0 N–H and O–H groups in total. The van der Waals surface area contributed by atoms with Gasteiger partial charge in [0.2, 0.25) is 0 Å². The number of fused-ring (bicyclic) bond motifs is 1. The monoisotopic (exact) mass is 172 g/mol. The normalized spacial score (nSPS) is 18.0. The molecule has 13 heavy (non-hydrogen) atoms. The Bertz CT molecular complexity index is 340. The fourth-order valence-corrected chi connectivity index (χ4v) is 1.26. The maximum absolute atomic E-state index is 4.24. The second-order valence-electron chi connectivity index (χ2n) is 3.81. The van der Waals surface area contributed by atoms with Crippen LogP contribution in [0.5, 0.6) is 0 Å². The van der Waals surface area contributed by atoms with E-state index >= 15 is 0 Å². The van der Waals surface area contributed by atoms with Gasteiger partial charge in [-0.15, -0.1) is 0 Å². The Kier molecular flexibility index (Phi) is 1.76. The Morgan fingerprint density at radius 1 is 0.923 bits per heavy atom. The van der Waals surface area contributed by atoms with E-state index < -0.39 is 0 Å². The molecule has 0 radical (unpaired) electrons. The van der Waals surface area contributed by atoms with E-state index in [1.54, 1.807) is 12.4 Å². The molecule has 0 aromatic carbocycles. The lowest BCUT2D eigenvalue weighted by Crippen LogP contribution is -2.00. The summed E-state index contributed by atoms with van der Waals surface area (Å²) in [6, 6.07) is 0. The lowest BCUT2D eigenvalue weighted by atomic mass is 9.93. The van der Waals surface area contributed by atoms with E-state index in [9.17, 15) is 0 Å². The Morgan fingerprint density at radius 2 is 1.38 bits per heavy atom. The third-order valence-corrected chi connectivity index (χ3v) is 2.10. The lowest BCUT2D eigenvalue weighted by Gasteiger charge is -2.11. The summed E-state index contributed by atoms with van der Waals surface area (Å²) in [7, 11) is 0. The van der Waals surface area contributed by atoms with Crippen LogP contribution in [0.15, 0.2) is 24.5 Å². The van der Waals surface area contributed by atoms with Gasteiger partial charge in [0, 0.05) is 17.8 Å². The summed E-state index contributed by atoms with van der Waals surface area (Å²) < 4.78 is 0. The third-order valence-electron chi connectivity index (χ3n) is 2.10. The molecule has 1 aromatic heterocycles. The topological polar surface area (TPSA) is 25.8 Å². The minimum absolute atomic E-state index is 0.0996. The smallest absolute Gasteiger partial charge is 0.0883 e. The van der Waals surface area contributed by atoms with Crippen molar-refractivity contribution in [1.82, 2.24) is 9.97 Å². The molecule has 2 nitrogen and oxygen atoms in total. The van der Waals surface area contributed by atoms with Gasteiger partial charge in [0.25, 0.3) is 0 Å². The van der Waals surface area contributed by atoms with Crippen molar-refractivity contribution < 1.29 is 0 Å². The Balaban J connectivity index is 2.53. The molecule has 2 heteroatoms. The van der Waals surface area contributed by atoms with Gasteiger partial charge in [-0.25, -0.2) is 0 Å². The summed E-state index contributed by atoms with van der Waals surface area (Å²) in [6.07, 6.45) is 11.8. The van der Waals surface area contributed by atoms with E-state index in [1.807, 2.05) is 12.2 Å². The number of allylic oxidation sites excluding steroid dienone is 2. The van der Waals surface area contributed by atoms with Gasteiger partial charge in [0.05, 0.1) is 11.4 Å². The number of aromatic nitrogens is 2. The van der Waals surface area contributed by atoms with Gasteiger partial charge in [-0.1, -0.05) is 26.0 Å². The molecule has 0 bridgehead atoms. The van der Waals surface area contributed by atoms with Crippen LogP contribution in [0.25, 0.3) is 12.2 Å². The van der Waals surface area contributed by atoms with Crippen molar-refractivity contribution in [2.24, 2.45) is 5.41 Å². The highest BCUT2D eigenvalue weighted by atomic mass is 14.8. The van der Waals surface area contributed by atoms with Crippen LogP contribution >= 0.6 is 0 Å². The Morgan fingerprint density at radius 3 is 1.85 bits per heavy atom. The molecule has 0 spiro atoms. The highest BCUT2D eigenvalue weighted by molar-refractivity contribution is 5.63. The molecule has 1 aromatic rings. The second kappa shape index (κ2) is 2.80. The first-order valence-electron chi connectivity index (χ1n) is 4.37. The summed E-state index contributed by atoms with van der Waals surface area (Å²) in [5.41, 5.74) is 2.00. The molecular formula is C11H12N2. The summed E-state index contributed by atoms with van der Waals surface area (Å²) in [5.74, 6) is 0. The van der Waals surface area contributed by atoms with Crippen LogP contribution in [0.3, 0.4) is 0 Å². The van der Waals surface area contributed by atoms with Gasteiger partial charge in [-0.3, -0.25) is 9.97 Å². The quantitative estimate of drug-likeness (QED) is 0.601. The van der Waals surface area contributed by atoms with E-state index in [0.29, 0.717) is 0 Å². The van der Waals surface area contributed by atoms with Crippen molar-refractivity contribution in [2.45, 2.75) is 13.8 Å². The number of nitrogens with zero attached hydrogens (tertiary/aromatic N) is 2. The maximum atomic E-state index is 4.24. The van der Waals surface area contributed by atoms with Crippen LogP contribution in [0.1, 0.15) is 25.2 Å². The minimum Gasteiger partial charge on any atom is -0.253 e. The lowest BCUT2D eigenvalue weighted by molar-refractivity contribution is 0.633. The number of hydrogen-bond donors (Lipinski definition) is 0. The highest BCUT2D eigenvalue weighted by Gasteiger charge is 2.12. The van der Waals surface area contributed by atoms with Crippen molar-refractivity contribution in [3.63, 3.8) is 0 Å². The molecular weight excluding hydrogens is 160 g/mol. The number of hydrogen-bond acceptors (Lipinski definition) is 2. The molecule has 2 rings (SSSR count). The average Bonchev–Trinajstić information content (AvgIpc) is 2.27. The molecule has 0 unspecified atom stereocenters. The standard InChI is InChI=1S/C11H12N2/c1-11(2)5-3-9-10(4-6-11)13-8-7-12-9/h3-8H,1-2H3. The van der Waals surface area contributed by atoms with Gasteiger partial charge in [-0.2, -0.15) is 0 Å². The molecule has 0 fully saturated rings. The van der Waals surface area contributed by atoms with Gasteiger partial charge in [-0.05, 0) is 12.2 Å². The van der Waals surface area contributed by atoms with Crippen LogP contribution in [0.4, 0.5) is 0 Å². The predicted octanol–water partition coefficient (Wildman–Crippen LogP) is 2.54. The largest absolute Gasteiger partial charge is 0.253 e. The highest BCUT2D eigenvalue weighted by Crippen LogP contribution is 2.25. The maximum Gasteiger partial charge on any atom is 0.0883 e. The van der Waals surface area contributed by atoms with E-state index in [2.05, 4.69) is 36.0 Å². The van der Waals surface area contributed by atoms with Gasteiger partial charge >= 0.3 is 0 Å². The zero-order chi connectivity index (χ0) is 9.31. The van der Waals surface area contributed by atoms with Crippen LogP contribution in [-0.2, 0) is 0 Å². The van der Waals surface area contributed by atoms with Crippen molar-refractivity contribution in [1.29, 1.82) is 0 Å². The molecule has 0 atom stereocenters. The fourth-order valence-electron chi connectivity index (χ4n) is 1.26. The summed E-state index contributed by atoms with van der Waals surface area (Å²) in [6.45, 7) is 4.32. The molecule has 1 aliphatic carbocycles. The zero-order valence-corrected chi connectivity index (χ0v) is 7.86. The second-order valence-corrected chi connectivity index (χ2v) is 3.81. The average molecular weight is 172 g/mol. The van der Waals surface area contributed by atoms with Crippen molar-refractivity contribution in [2.75, 3.05) is 0 Å².